The van der Waals surface area contributed by atoms with Gasteiger partial charge in [0, 0.05) is 6.20 Å². The molecular formula is C16H11ClN4O4. The second-order valence-electron chi connectivity index (χ2n) is 4.87. The summed E-state index contributed by atoms with van der Waals surface area (Å²) in [7, 11) is 1.42. The lowest BCUT2D eigenvalue weighted by Crippen LogP contribution is -2.12. The maximum absolute atomic E-state index is 10.9. The second-order valence-corrected chi connectivity index (χ2v) is 5.27. The molecule has 0 spiro atoms. The molecule has 1 aromatic carbocycles. The van der Waals surface area contributed by atoms with Crippen LogP contribution >= 0.6 is 11.6 Å². The first-order valence-corrected chi connectivity index (χ1v) is 7.34. The van der Waals surface area contributed by atoms with Crippen LogP contribution in [0, 0.1) is 0 Å². The molecule has 0 saturated carbocycles. The Hall–Kier alpha value is -3.26. The Morgan fingerprint density at radius 3 is 2.64 bits per heavy atom. The van der Waals surface area contributed by atoms with E-state index in [9.17, 15) is 9.90 Å². The number of hydrogen-bond acceptors (Lipinski definition) is 6. The Morgan fingerprint density at radius 2 is 2.04 bits per heavy atom. The number of halogens is 1. The Labute approximate surface area is 146 Å². The highest BCUT2D eigenvalue weighted by Gasteiger charge is 2.22. The van der Waals surface area contributed by atoms with Gasteiger partial charge in [-0.1, -0.05) is 11.6 Å². The summed E-state index contributed by atoms with van der Waals surface area (Å²) in [6.45, 7) is 0. The number of hydrogen-bond donors (Lipinski definition) is 2. The van der Waals surface area contributed by atoms with Gasteiger partial charge in [-0.05, 0) is 30.3 Å². The summed E-state index contributed by atoms with van der Waals surface area (Å²) in [6, 6.07) is 7.47. The first-order valence-electron chi connectivity index (χ1n) is 6.96. The minimum atomic E-state index is -1.08. The Bertz CT molecular complexity index is 936. The smallest absolute Gasteiger partial charge is 0.337 e. The van der Waals surface area contributed by atoms with E-state index < -0.39 is 5.97 Å². The van der Waals surface area contributed by atoms with Crippen molar-refractivity contribution in [2.45, 2.75) is 0 Å². The fourth-order valence-electron chi connectivity index (χ4n) is 2.00. The van der Waals surface area contributed by atoms with Gasteiger partial charge in [0.1, 0.15) is 11.5 Å². The van der Waals surface area contributed by atoms with E-state index in [2.05, 4.69) is 20.0 Å². The van der Waals surface area contributed by atoms with Gasteiger partial charge in [0.05, 0.1) is 29.1 Å². The van der Waals surface area contributed by atoms with Crippen LogP contribution in [0.2, 0.25) is 5.02 Å². The molecule has 1 aliphatic rings. The number of aliphatic imine (C=N–C) groups is 3. The molecule has 1 aliphatic heterocycles. The third-order valence-electron chi connectivity index (χ3n) is 3.22. The zero-order valence-corrected chi connectivity index (χ0v) is 13.6. The van der Waals surface area contributed by atoms with E-state index in [4.69, 9.17) is 21.4 Å². The number of carbonyl (C=O) groups is 1. The first kappa shape index (κ1) is 16.6. The number of carboxylic acids is 1. The van der Waals surface area contributed by atoms with Crippen molar-refractivity contribution in [1.29, 1.82) is 0 Å². The molecule has 0 atom stereocenters. The fourth-order valence-corrected chi connectivity index (χ4v) is 2.18. The Balaban J connectivity index is 2.00. The zero-order valence-electron chi connectivity index (χ0n) is 12.8. The van der Waals surface area contributed by atoms with Crippen molar-refractivity contribution in [3.05, 3.63) is 52.8 Å². The number of carboxylic acid groups (broad SMARTS) is 1. The maximum Gasteiger partial charge on any atom is 0.337 e. The molecular weight excluding hydrogens is 348 g/mol. The molecule has 0 aliphatic carbocycles. The van der Waals surface area contributed by atoms with Gasteiger partial charge < -0.3 is 14.9 Å². The normalized spacial score (nSPS) is 15.0. The van der Waals surface area contributed by atoms with Gasteiger partial charge >= 0.3 is 12.0 Å². The van der Waals surface area contributed by atoms with Gasteiger partial charge in [0.15, 0.2) is 5.84 Å². The molecule has 126 valence electrons. The number of phenolic OH excluding ortho intramolecular Hbond substituents is 1. The number of amidine groups is 2. The van der Waals surface area contributed by atoms with E-state index in [1.807, 2.05) is 0 Å². The largest absolute Gasteiger partial charge is 0.506 e. The molecule has 9 heteroatoms. The molecule has 8 nitrogen and oxygen atoms in total. The van der Waals surface area contributed by atoms with Gasteiger partial charge in [-0.25, -0.2) is 9.79 Å². The van der Waals surface area contributed by atoms with Crippen molar-refractivity contribution >= 4 is 40.8 Å². The van der Waals surface area contributed by atoms with Crippen LogP contribution in [0.25, 0.3) is 0 Å². The van der Waals surface area contributed by atoms with Gasteiger partial charge in [0.2, 0.25) is 0 Å². The van der Waals surface area contributed by atoms with E-state index in [1.165, 1.54) is 37.6 Å². The number of aromatic nitrogens is 1. The van der Waals surface area contributed by atoms with Crippen LogP contribution in [0.1, 0.15) is 16.1 Å². The lowest BCUT2D eigenvalue weighted by molar-refractivity contribution is 0.0696. The minimum absolute atomic E-state index is 0.0547. The molecule has 0 radical (unpaired) electrons. The summed E-state index contributed by atoms with van der Waals surface area (Å²) < 4.78 is 5.03. The van der Waals surface area contributed by atoms with Crippen LogP contribution in [-0.2, 0) is 4.74 Å². The molecule has 0 fully saturated rings. The highest BCUT2D eigenvalue weighted by Crippen LogP contribution is 2.28. The zero-order chi connectivity index (χ0) is 18.0. The lowest BCUT2D eigenvalue weighted by atomic mass is 10.2. The standard InChI is InChI=1S/C16H11ClN4O4/c1-25-16-20-13(11-4-2-8(7-18-11)15(23)24)14(21-16)19-9-3-5-12(22)10(17)6-9/h2-7,22H,1H3,(H,23,24). The van der Waals surface area contributed by atoms with Gasteiger partial charge in [-0.2, -0.15) is 9.98 Å². The second kappa shape index (κ2) is 6.70. The van der Waals surface area contributed by atoms with Crippen molar-refractivity contribution in [1.82, 2.24) is 4.98 Å². The van der Waals surface area contributed by atoms with Crippen molar-refractivity contribution in [3.63, 3.8) is 0 Å². The lowest BCUT2D eigenvalue weighted by Gasteiger charge is -2.02. The van der Waals surface area contributed by atoms with E-state index in [1.54, 1.807) is 6.07 Å². The summed E-state index contributed by atoms with van der Waals surface area (Å²) in [5, 5.41) is 18.6. The SMILES string of the molecule is COC1=NC(=Nc2ccc(O)c(Cl)c2)C(c2ccc(C(=O)O)cn2)=N1. The van der Waals surface area contributed by atoms with Crippen LogP contribution in [0.5, 0.6) is 5.75 Å². The van der Waals surface area contributed by atoms with Gasteiger partial charge in [-0.15, -0.1) is 0 Å². The Morgan fingerprint density at radius 1 is 1.24 bits per heavy atom. The number of ether oxygens (including phenoxy) is 1. The molecule has 0 bridgehead atoms. The number of aromatic carboxylic acids is 1. The van der Waals surface area contributed by atoms with E-state index >= 15 is 0 Å². The predicted molar refractivity (Wildman–Crippen MR) is 92.4 cm³/mol. The number of rotatable bonds is 3. The average Bonchev–Trinajstić information content (AvgIpc) is 3.01. The highest BCUT2D eigenvalue weighted by atomic mass is 35.5. The average molecular weight is 359 g/mol. The molecule has 0 amide bonds. The first-order chi connectivity index (χ1) is 12.0. The molecule has 2 heterocycles. The van der Waals surface area contributed by atoms with Crippen molar-refractivity contribution in [2.75, 3.05) is 7.11 Å². The maximum atomic E-state index is 10.9. The number of methoxy groups -OCH3 is 1. The quantitative estimate of drug-likeness (QED) is 0.874. The van der Waals surface area contributed by atoms with Crippen LogP contribution in [0.3, 0.4) is 0 Å². The molecule has 2 aromatic rings. The van der Waals surface area contributed by atoms with Crippen LogP contribution < -0.4 is 0 Å². The van der Waals surface area contributed by atoms with Gasteiger partial charge in [0.25, 0.3) is 0 Å². The summed E-state index contributed by atoms with van der Waals surface area (Å²) in [5.41, 5.74) is 1.23. The third kappa shape index (κ3) is 3.48. The minimum Gasteiger partial charge on any atom is -0.506 e. The highest BCUT2D eigenvalue weighted by molar-refractivity contribution is 6.52. The molecule has 25 heavy (non-hydrogen) atoms. The number of benzene rings is 1. The fraction of sp³-hybridized carbons (Fsp3) is 0.0625. The monoisotopic (exact) mass is 358 g/mol. The van der Waals surface area contributed by atoms with Gasteiger partial charge in [-0.3, -0.25) is 4.98 Å². The third-order valence-corrected chi connectivity index (χ3v) is 3.53. The van der Waals surface area contributed by atoms with Crippen molar-refractivity contribution in [3.8, 4) is 5.75 Å². The number of aromatic hydroxyl groups is 1. The summed E-state index contributed by atoms with van der Waals surface area (Å²) in [4.78, 5) is 27.7. The summed E-state index contributed by atoms with van der Waals surface area (Å²) in [6.07, 6.45) is 1.22. The van der Waals surface area contributed by atoms with Crippen molar-refractivity contribution < 1.29 is 19.7 Å². The molecule has 1 aromatic heterocycles. The van der Waals surface area contributed by atoms with Crippen LogP contribution in [-0.4, -0.2) is 45.8 Å². The summed E-state index contributed by atoms with van der Waals surface area (Å²) >= 11 is 5.88. The Kier molecular flexibility index (Phi) is 4.44. The number of phenols is 1. The van der Waals surface area contributed by atoms with Crippen molar-refractivity contribution in [2.24, 2.45) is 15.0 Å². The summed E-state index contributed by atoms with van der Waals surface area (Å²) in [5.74, 6) is -0.902. The topological polar surface area (TPSA) is 117 Å². The van der Waals surface area contributed by atoms with E-state index in [0.29, 0.717) is 17.1 Å². The predicted octanol–water partition coefficient (Wildman–Crippen LogP) is 2.67. The molecule has 0 saturated heterocycles. The van der Waals surface area contributed by atoms with E-state index in [-0.39, 0.29) is 28.2 Å². The van der Waals surface area contributed by atoms with E-state index in [0.717, 1.165) is 0 Å². The molecule has 2 N–H and O–H groups in total. The van der Waals surface area contributed by atoms with Crippen LogP contribution in [0.4, 0.5) is 5.69 Å². The number of nitrogens with zero attached hydrogens (tertiary/aromatic N) is 4. The number of pyridine rings is 1. The van der Waals surface area contributed by atoms with Crippen LogP contribution in [0.15, 0.2) is 51.5 Å². The molecule has 3 rings (SSSR count). The molecule has 0 unspecified atom stereocenters.